The van der Waals surface area contributed by atoms with Crippen molar-refractivity contribution in [2.45, 2.75) is 20.0 Å². The number of pyridine rings is 1. The second-order valence-electron chi connectivity index (χ2n) is 3.88. The van der Waals surface area contributed by atoms with E-state index in [4.69, 9.17) is 11.6 Å². The zero-order chi connectivity index (χ0) is 12.1. The summed E-state index contributed by atoms with van der Waals surface area (Å²) >= 11 is 5.65. The van der Waals surface area contributed by atoms with E-state index in [2.05, 4.69) is 10.3 Å². The topological polar surface area (TPSA) is 62.2 Å². The van der Waals surface area contributed by atoms with Gasteiger partial charge in [-0.15, -0.1) is 0 Å². The highest BCUT2D eigenvalue weighted by molar-refractivity contribution is 6.30. The Morgan fingerprint density at radius 1 is 1.56 bits per heavy atom. The Bertz CT molecular complexity index is 352. The van der Waals surface area contributed by atoms with Crippen LogP contribution >= 0.6 is 11.6 Å². The molecule has 0 aromatic carbocycles. The highest BCUT2D eigenvalue weighted by Crippen LogP contribution is 2.06. The molecule has 2 N–H and O–H groups in total. The Kier molecular flexibility index (Phi) is 4.71. The van der Waals surface area contributed by atoms with Gasteiger partial charge in [0.1, 0.15) is 5.69 Å². The van der Waals surface area contributed by atoms with E-state index in [-0.39, 0.29) is 18.4 Å². The average Bonchev–Trinajstić information content (AvgIpc) is 2.26. The molecule has 1 atom stereocenters. The number of hydrogen-bond acceptors (Lipinski definition) is 3. The normalized spacial score (nSPS) is 12.6. The van der Waals surface area contributed by atoms with Gasteiger partial charge in [-0.3, -0.25) is 4.79 Å². The maximum atomic E-state index is 11.6. The number of rotatable bonds is 4. The molecule has 0 spiro atoms. The Morgan fingerprint density at radius 3 is 2.75 bits per heavy atom. The molecule has 5 heteroatoms. The van der Waals surface area contributed by atoms with Gasteiger partial charge in [0.15, 0.2) is 0 Å². The molecule has 88 valence electrons. The fourth-order valence-corrected chi connectivity index (χ4v) is 1.15. The van der Waals surface area contributed by atoms with Crippen LogP contribution in [0.1, 0.15) is 24.3 Å². The predicted octanol–water partition coefficient (Wildman–Crippen LogP) is 1.48. The zero-order valence-corrected chi connectivity index (χ0v) is 10.0. The molecule has 0 fully saturated rings. The number of aromatic nitrogens is 1. The third-order valence-electron chi connectivity index (χ3n) is 2.20. The van der Waals surface area contributed by atoms with E-state index in [9.17, 15) is 9.90 Å². The van der Waals surface area contributed by atoms with E-state index in [0.29, 0.717) is 10.7 Å². The molecule has 0 bridgehead atoms. The van der Waals surface area contributed by atoms with E-state index in [1.54, 1.807) is 12.1 Å². The summed E-state index contributed by atoms with van der Waals surface area (Å²) in [6.07, 6.45) is 0.867. The van der Waals surface area contributed by atoms with Crippen LogP contribution in [0.4, 0.5) is 0 Å². The first-order valence-corrected chi connectivity index (χ1v) is 5.46. The van der Waals surface area contributed by atoms with Crippen molar-refractivity contribution < 1.29 is 9.90 Å². The third kappa shape index (κ3) is 3.79. The number of nitrogens with zero attached hydrogens (tertiary/aromatic N) is 1. The van der Waals surface area contributed by atoms with Crippen molar-refractivity contribution in [3.05, 3.63) is 29.0 Å². The van der Waals surface area contributed by atoms with Crippen molar-refractivity contribution in [3.63, 3.8) is 0 Å². The summed E-state index contributed by atoms with van der Waals surface area (Å²) in [6.45, 7) is 4.00. The summed E-state index contributed by atoms with van der Waals surface area (Å²) in [6, 6.07) is 3.14. The predicted molar refractivity (Wildman–Crippen MR) is 62.4 cm³/mol. The lowest BCUT2D eigenvalue weighted by Gasteiger charge is -2.14. The lowest BCUT2D eigenvalue weighted by Crippen LogP contribution is -2.35. The molecule has 1 rings (SSSR count). The molecule has 1 aromatic heterocycles. The number of carbonyl (C=O) groups is 1. The van der Waals surface area contributed by atoms with Crippen molar-refractivity contribution in [2.75, 3.05) is 6.54 Å². The van der Waals surface area contributed by atoms with Gasteiger partial charge in [-0.1, -0.05) is 25.4 Å². The molecule has 1 amide bonds. The van der Waals surface area contributed by atoms with Crippen LogP contribution in [0.15, 0.2) is 18.3 Å². The first-order valence-electron chi connectivity index (χ1n) is 5.08. The molecule has 0 saturated carbocycles. The molecule has 1 unspecified atom stereocenters. The fourth-order valence-electron chi connectivity index (χ4n) is 1.03. The fraction of sp³-hybridized carbons (Fsp3) is 0.455. The van der Waals surface area contributed by atoms with Crippen LogP contribution in [0, 0.1) is 5.92 Å². The van der Waals surface area contributed by atoms with E-state index >= 15 is 0 Å². The highest BCUT2D eigenvalue weighted by Gasteiger charge is 2.12. The summed E-state index contributed by atoms with van der Waals surface area (Å²) in [7, 11) is 0. The molecule has 0 aliphatic rings. The van der Waals surface area contributed by atoms with Gasteiger partial charge in [0, 0.05) is 12.7 Å². The monoisotopic (exact) mass is 242 g/mol. The minimum Gasteiger partial charge on any atom is -0.391 e. The van der Waals surface area contributed by atoms with Crippen LogP contribution in [-0.4, -0.2) is 28.6 Å². The smallest absolute Gasteiger partial charge is 0.269 e. The van der Waals surface area contributed by atoms with Crippen LogP contribution in [0.3, 0.4) is 0 Å². The number of aliphatic hydroxyl groups is 1. The first kappa shape index (κ1) is 12.9. The second-order valence-corrected chi connectivity index (χ2v) is 4.32. The lowest BCUT2D eigenvalue weighted by atomic mass is 10.1. The average molecular weight is 243 g/mol. The van der Waals surface area contributed by atoms with Gasteiger partial charge in [-0.2, -0.15) is 0 Å². The summed E-state index contributed by atoms with van der Waals surface area (Å²) in [5, 5.41) is 12.6. The van der Waals surface area contributed by atoms with Crippen molar-refractivity contribution >= 4 is 17.5 Å². The minimum absolute atomic E-state index is 0.110. The van der Waals surface area contributed by atoms with Crippen molar-refractivity contribution in [2.24, 2.45) is 5.92 Å². The van der Waals surface area contributed by atoms with Crippen LogP contribution in [0.25, 0.3) is 0 Å². The second kappa shape index (κ2) is 5.82. The molecule has 0 radical (unpaired) electrons. The number of halogens is 1. The molecule has 4 nitrogen and oxygen atoms in total. The molecular weight excluding hydrogens is 228 g/mol. The Hall–Kier alpha value is -1.13. The standard InChI is InChI=1S/C11H15ClN2O2/c1-7(2)10(15)6-14-11(16)9-4-3-8(12)5-13-9/h3-5,7,10,15H,6H2,1-2H3,(H,14,16). The molecule has 0 aliphatic heterocycles. The number of aliphatic hydroxyl groups excluding tert-OH is 1. The van der Waals surface area contributed by atoms with Gasteiger partial charge in [0.05, 0.1) is 11.1 Å². The quantitative estimate of drug-likeness (QED) is 0.841. The lowest BCUT2D eigenvalue weighted by molar-refractivity contribution is 0.0867. The molecule has 16 heavy (non-hydrogen) atoms. The highest BCUT2D eigenvalue weighted by atomic mass is 35.5. The van der Waals surface area contributed by atoms with Crippen LogP contribution in [0.2, 0.25) is 5.02 Å². The summed E-state index contributed by atoms with van der Waals surface area (Å²) < 4.78 is 0. The van der Waals surface area contributed by atoms with Gasteiger partial charge >= 0.3 is 0 Å². The van der Waals surface area contributed by atoms with Gasteiger partial charge < -0.3 is 10.4 Å². The third-order valence-corrected chi connectivity index (χ3v) is 2.42. The largest absolute Gasteiger partial charge is 0.391 e. The Morgan fingerprint density at radius 2 is 2.25 bits per heavy atom. The molecular formula is C11H15ClN2O2. The van der Waals surface area contributed by atoms with Crippen molar-refractivity contribution in [1.82, 2.24) is 10.3 Å². The van der Waals surface area contributed by atoms with Gasteiger partial charge in [-0.05, 0) is 18.1 Å². The van der Waals surface area contributed by atoms with Gasteiger partial charge in [0.2, 0.25) is 0 Å². The maximum Gasteiger partial charge on any atom is 0.269 e. The van der Waals surface area contributed by atoms with Crippen LogP contribution in [-0.2, 0) is 0 Å². The molecule has 1 heterocycles. The Balaban J connectivity index is 2.50. The van der Waals surface area contributed by atoms with Crippen molar-refractivity contribution in [3.8, 4) is 0 Å². The molecule has 0 saturated heterocycles. The van der Waals surface area contributed by atoms with E-state index in [0.717, 1.165) is 0 Å². The summed E-state index contributed by atoms with van der Waals surface area (Å²) in [5.74, 6) is -0.199. The van der Waals surface area contributed by atoms with Gasteiger partial charge in [0.25, 0.3) is 5.91 Å². The number of amides is 1. The maximum absolute atomic E-state index is 11.6. The molecule has 1 aromatic rings. The summed E-state index contributed by atoms with van der Waals surface area (Å²) in [4.78, 5) is 15.4. The van der Waals surface area contributed by atoms with Crippen LogP contribution < -0.4 is 5.32 Å². The zero-order valence-electron chi connectivity index (χ0n) is 9.27. The van der Waals surface area contributed by atoms with Gasteiger partial charge in [-0.25, -0.2) is 4.98 Å². The number of hydrogen-bond donors (Lipinski definition) is 2. The Labute approximate surface area is 99.6 Å². The first-order chi connectivity index (χ1) is 7.50. The van der Waals surface area contributed by atoms with E-state index < -0.39 is 6.10 Å². The van der Waals surface area contributed by atoms with E-state index in [1.807, 2.05) is 13.8 Å². The number of carbonyl (C=O) groups excluding carboxylic acids is 1. The van der Waals surface area contributed by atoms with Crippen molar-refractivity contribution in [1.29, 1.82) is 0 Å². The number of nitrogens with one attached hydrogen (secondary N) is 1. The minimum atomic E-state index is -0.545. The SMILES string of the molecule is CC(C)C(O)CNC(=O)c1ccc(Cl)cn1. The molecule has 0 aliphatic carbocycles. The summed E-state index contributed by atoms with van der Waals surface area (Å²) in [5.41, 5.74) is 0.292. The van der Waals surface area contributed by atoms with Crippen LogP contribution in [0.5, 0.6) is 0 Å². The van der Waals surface area contributed by atoms with E-state index in [1.165, 1.54) is 6.20 Å².